The van der Waals surface area contributed by atoms with Crippen molar-refractivity contribution in [1.29, 1.82) is 0 Å². The Hall–Kier alpha value is -1.60. The van der Waals surface area contributed by atoms with E-state index in [2.05, 4.69) is 55.5 Å². The first-order valence-corrected chi connectivity index (χ1v) is 6.41. The predicted molar refractivity (Wildman–Crippen MR) is 76.1 cm³/mol. The van der Waals surface area contributed by atoms with Crippen LogP contribution in [0.2, 0.25) is 0 Å². The fourth-order valence-electron chi connectivity index (χ4n) is 1.82. The van der Waals surface area contributed by atoms with Crippen LogP contribution in [0.4, 0.5) is 0 Å². The number of ether oxygens (including phenoxy) is 1. The Bertz CT molecular complexity index is 445. The molecule has 18 heavy (non-hydrogen) atoms. The maximum absolute atomic E-state index is 5.57. The summed E-state index contributed by atoms with van der Waals surface area (Å²) in [5.41, 5.74) is 3.72. The van der Waals surface area contributed by atoms with E-state index in [4.69, 9.17) is 4.74 Å². The standard InChI is InChI=1S/C17H19O/c1-2-3-13-18-14-15-9-11-17(12-10-15)16-7-5-4-6-8-16/h4-12H,1-3,13-14H2. The summed E-state index contributed by atoms with van der Waals surface area (Å²) in [6.07, 6.45) is 1.97. The third-order valence-electron chi connectivity index (χ3n) is 2.87. The highest BCUT2D eigenvalue weighted by atomic mass is 16.5. The van der Waals surface area contributed by atoms with Gasteiger partial charge in [0.15, 0.2) is 0 Å². The molecule has 0 atom stereocenters. The van der Waals surface area contributed by atoms with E-state index < -0.39 is 0 Å². The Balaban J connectivity index is 1.94. The van der Waals surface area contributed by atoms with Crippen LogP contribution in [0.5, 0.6) is 0 Å². The minimum Gasteiger partial charge on any atom is -0.377 e. The number of benzene rings is 2. The van der Waals surface area contributed by atoms with Crippen LogP contribution in [0, 0.1) is 6.92 Å². The summed E-state index contributed by atoms with van der Waals surface area (Å²) >= 11 is 0. The lowest BCUT2D eigenvalue weighted by atomic mass is 10.0. The fraction of sp³-hybridized carbons (Fsp3) is 0.235. The second kappa shape index (κ2) is 6.97. The van der Waals surface area contributed by atoms with Gasteiger partial charge < -0.3 is 4.74 Å². The first-order chi connectivity index (χ1) is 8.90. The van der Waals surface area contributed by atoms with Crippen LogP contribution in [0.3, 0.4) is 0 Å². The van der Waals surface area contributed by atoms with E-state index in [0.717, 1.165) is 19.4 Å². The van der Waals surface area contributed by atoms with E-state index in [-0.39, 0.29) is 0 Å². The second-order valence-electron chi connectivity index (χ2n) is 4.32. The molecule has 0 bridgehead atoms. The summed E-state index contributed by atoms with van der Waals surface area (Å²) in [4.78, 5) is 0. The molecule has 0 aliphatic heterocycles. The van der Waals surface area contributed by atoms with Gasteiger partial charge in [0.1, 0.15) is 0 Å². The first-order valence-electron chi connectivity index (χ1n) is 6.41. The third kappa shape index (κ3) is 3.71. The third-order valence-corrected chi connectivity index (χ3v) is 2.87. The lowest BCUT2D eigenvalue weighted by Crippen LogP contribution is -1.94. The smallest absolute Gasteiger partial charge is 0.0716 e. The van der Waals surface area contributed by atoms with Crippen LogP contribution in [-0.2, 0) is 11.3 Å². The predicted octanol–water partition coefficient (Wildman–Crippen LogP) is 4.48. The molecule has 1 radical (unpaired) electrons. The molecule has 2 aromatic carbocycles. The zero-order valence-electron chi connectivity index (χ0n) is 10.6. The molecule has 0 heterocycles. The van der Waals surface area contributed by atoms with Crippen molar-refractivity contribution in [2.45, 2.75) is 19.4 Å². The monoisotopic (exact) mass is 239 g/mol. The molecule has 93 valence electrons. The van der Waals surface area contributed by atoms with E-state index in [1.54, 1.807) is 0 Å². The summed E-state index contributed by atoms with van der Waals surface area (Å²) in [6.45, 7) is 5.28. The van der Waals surface area contributed by atoms with Crippen molar-refractivity contribution in [3.63, 3.8) is 0 Å². The van der Waals surface area contributed by atoms with Crippen molar-refractivity contribution in [2.75, 3.05) is 6.61 Å². The molecule has 2 rings (SSSR count). The Morgan fingerprint density at radius 1 is 0.833 bits per heavy atom. The lowest BCUT2D eigenvalue weighted by Gasteiger charge is -2.05. The normalized spacial score (nSPS) is 10.5. The molecule has 0 saturated carbocycles. The molecule has 0 unspecified atom stereocenters. The zero-order chi connectivity index (χ0) is 12.6. The summed E-state index contributed by atoms with van der Waals surface area (Å²) < 4.78 is 5.57. The Labute approximate surface area is 109 Å². The number of hydrogen-bond donors (Lipinski definition) is 0. The van der Waals surface area contributed by atoms with Crippen LogP contribution >= 0.6 is 0 Å². The zero-order valence-corrected chi connectivity index (χ0v) is 10.6. The van der Waals surface area contributed by atoms with E-state index in [9.17, 15) is 0 Å². The topological polar surface area (TPSA) is 9.23 Å². The van der Waals surface area contributed by atoms with Gasteiger partial charge in [-0.1, -0.05) is 67.9 Å². The van der Waals surface area contributed by atoms with Crippen molar-refractivity contribution in [2.24, 2.45) is 0 Å². The van der Waals surface area contributed by atoms with Crippen LogP contribution in [0.15, 0.2) is 54.6 Å². The molecule has 1 heteroatoms. The van der Waals surface area contributed by atoms with Crippen molar-refractivity contribution in [3.05, 3.63) is 67.1 Å². The first kappa shape index (κ1) is 12.8. The number of unbranched alkanes of at least 4 members (excludes halogenated alkanes) is 1. The molecular formula is C17H19O. The molecule has 2 aromatic rings. The molecule has 0 N–H and O–H groups in total. The minimum atomic E-state index is 0.690. The molecule has 0 saturated heterocycles. The number of rotatable bonds is 6. The minimum absolute atomic E-state index is 0.690. The van der Waals surface area contributed by atoms with Crippen molar-refractivity contribution < 1.29 is 4.74 Å². The van der Waals surface area contributed by atoms with Gasteiger partial charge in [-0.05, 0) is 23.1 Å². The molecule has 0 aliphatic carbocycles. The van der Waals surface area contributed by atoms with Crippen LogP contribution in [0.25, 0.3) is 11.1 Å². The SMILES string of the molecule is [CH2]CCCOCc1ccc(-c2ccccc2)cc1. The molecule has 0 aromatic heterocycles. The maximum atomic E-state index is 5.57. The van der Waals surface area contributed by atoms with Crippen molar-refractivity contribution >= 4 is 0 Å². The molecular weight excluding hydrogens is 220 g/mol. The van der Waals surface area contributed by atoms with Gasteiger partial charge in [-0.25, -0.2) is 0 Å². The maximum Gasteiger partial charge on any atom is 0.0716 e. The second-order valence-corrected chi connectivity index (χ2v) is 4.32. The Morgan fingerprint density at radius 2 is 1.50 bits per heavy atom. The molecule has 0 amide bonds. The molecule has 1 nitrogen and oxygen atoms in total. The van der Waals surface area contributed by atoms with Crippen molar-refractivity contribution in [3.8, 4) is 11.1 Å². The summed E-state index contributed by atoms with van der Waals surface area (Å²) in [7, 11) is 0. The average Bonchev–Trinajstić information content (AvgIpc) is 2.45. The van der Waals surface area contributed by atoms with Gasteiger partial charge >= 0.3 is 0 Å². The Morgan fingerprint density at radius 3 is 2.17 bits per heavy atom. The van der Waals surface area contributed by atoms with Crippen LogP contribution in [-0.4, -0.2) is 6.61 Å². The van der Waals surface area contributed by atoms with E-state index in [0.29, 0.717) is 6.61 Å². The quantitative estimate of drug-likeness (QED) is 0.675. The summed E-state index contributed by atoms with van der Waals surface area (Å²) in [5.74, 6) is 0. The van der Waals surface area contributed by atoms with Crippen LogP contribution in [0.1, 0.15) is 18.4 Å². The highest BCUT2D eigenvalue weighted by Gasteiger charge is 1.97. The average molecular weight is 239 g/mol. The lowest BCUT2D eigenvalue weighted by molar-refractivity contribution is 0.119. The highest BCUT2D eigenvalue weighted by Crippen LogP contribution is 2.19. The Kier molecular flexibility index (Phi) is 4.98. The molecule has 0 fully saturated rings. The van der Waals surface area contributed by atoms with Gasteiger partial charge in [0.2, 0.25) is 0 Å². The van der Waals surface area contributed by atoms with Gasteiger partial charge in [0.25, 0.3) is 0 Å². The van der Waals surface area contributed by atoms with E-state index >= 15 is 0 Å². The molecule has 0 spiro atoms. The van der Waals surface area contributed by atoms with E-state index in [1.807, 2.05) is 6.07 Å². The fourth-order valence-corrected chi connectivity index (χ4v) is 1.82. The highest BCUT2D eigenvalue weighted by molar-refractivity contribution is 5.63. The van der Waals surface area contributed by atoms with E-state index in [1.165, 1.54) is 16.7 Å². The van der Waals surface area contributed by atoms with Gasteiger partial charge in [0, 0.05) is 6.61 Å². The van der Waals surface area contributed by atoms with Gasteiger partial charge in [0.05, 0.1) is 6.61 Å². The summed E-state index contributed by atoms with van der Waals surface area (Å²) in [6, 6.07) is 19.0. The van der Waals surface area contributed by atoms with Gasteiger partial charge in [-0.3, -0.25) is 0 Å². The van der Waals surface area contributed by atoms with Gasteiger partial charge in [-0.2, -0.15) is 0 Å². The summed E-state index contributed by atoms with van der Waals surface area (Å²) in [5, 5.41) is 0. The largest absolute Gasteiger partial charge is 0.377 e. The van der Waals surface area contributed by atoms with Crippen LogP contribution < -0.4 is 0 Å². The van der Waals surface area contributed by atoms with Crippen molar-refractivity contribution in [1.82, 2.24) is 0 Å². The molecule has 0 aliphatic rings. The number of hydrogen-bond acceptors (Lipinski definition) is 1. The van der Waals surface area contributed by atoms with Gasteiger partial charge in [-0.15, -0.1) is 0 Å².